The molecule has 0 saturated heterocycles. The molecule has 3 amide bonds. The number of alkyl halides is 3. The Morgan fingerprint density at radius 1 is 1.13 bits per heavy atom. The Morgan fingerprint density at radius 3 is 2.38 bits per heavy atom. The molecule has 2 rings (SSSR count). The van der Waals surface area contributed by atoms with Crippen LogP contribution in [0.15, 0.2) is 59.5 Å². The molecule has 1 heterocycles. The normalized spacial score (nSPS) is 12.9. The van der Waals surface area contributed by atoms with Crippen molar-refractivity contribution in [2.45, 2.75) is 44.4 Å². The van der Waals surface area contributed by atoms with Gasteiger partial charge in [-0.25, -0.2) is 9.18 Å². The second-order valence-electron chi connectivity index (χ2n) is 8.16. The average Bonchev–Trinajstić information content (AvgIpc) is 2.86. The summed E-state index contributed by atoms with van der Waals surface area (Å²) >= 11 is 0. The van der Waals surface area contributed by atoms with E-state index in [-0.39, 0.29) is 25.9 Å². The summed E-state index contributed by atoms with van der Waals surface area (Å²) in [5.41, 5.74) is 3.73. The number of carbonyl (C=O) groups is 4. The standard InChI is InChI=1S/C25H26F4N4O6/c1-2-39-21(35)12-10-17(9-11-20(30)34)31-22(36)19(14-15-5-7-16(26)8-6-15)33-13-3-4-18(23(33)37)32-24(38)25(27,28)29/h3-8,10,12-13,17,19H,2,9,11,14H2,1H3,(H2,30,34)(H,31,36)(H,32,38)/b12-10+/t17-,19-/m0/s1. The molecule has 0 aliphatic carbocycles. The summed E-state index contributed by atoms with van der Waals surface area (Å²) < 4.78 is 57.2. The molecule has 4 N–H and O–H groups in total. The van der Waals surface area contributed by atoms with Gasteiger partial charge in [-0.2, -0.15) is 13.2 Å². The van der Waals surface area contributed by atoms with Crippen LogP contribution in [0.1, 0.15) is 31.4 Å². The van der Waals surface area contributed by atoms with Crippen molar-refractivity contribution >= 4 is 29.4 Å². The first-order valence-corrected chi connectivity index (χ1v) is 11.6. The quantitative estimate of drug-likeness (QED) is 0.208. The predicted molar refractivity (Wildman–Crippen MR) is 131 cm³/mol. The lowest BCUT2D eigenvalue weighted by Gasteiger charge is -2.23. The van der Waals surface area contributed by atoms with Crippen LogP contribution >= 0.6 is 0 Å². The molecular weight excluding hydrogens is 528 g/mol. The summed E-state index contributed by atoms with van der Waals surface area (Å²) in [5.74, 6) is -5.19. The van der Waals surface area contributed by atoms with Crippen molar-refractivity contribution in [3.8, 4) is 0 Å². The van der Waals surface area contributed by atoms with E-state index in [0.29, 0.717) is 5.56 Å². The third kappa shape index (κ3) is 9.72. The van der Waals surface area contributed by atoms with Gasteiger partial charge in [-0.05, 0) is 43.2 Å². The summed E-state index contributed by atoms with van der Waals surface area (Å²) in [6, 6.07) is 4.68. The Hall–Kier alpha value is -4.49. The van der Waals surface area contributed by atoms with Crippen molar-refractivity contribution in [2.24, 2.45) is 5.73 Å². The second kappa shape index (κ2) is 13.9. The van der Waals surface area contributed by atoms with Gasteiger partial charge in [0.1, 0.15) is 17.5 Å². The Kier molecular flexibility index (Phi) is 10.9. The van der Waals surface area contributed by atoms with Gasteiger partial charge >= 0.3 is 18.1 Å². The van der Waals surface area contributed by atoms with E-state index in [2.05, 4.69) is 5.32 Å². The van der Waals surface area contributed by atoms with Gasteiger partial charge in [0.25, 0.3) is 5.56 Å². The Bertz CT molecular complexity index is 1270. The highest BCUT2D eigenvalue weighted by Crippen LogP contribution is 2.19. The largest absolute Gasteiger partial charge is 0.471 e. The zero-order valence-corrected chi connectivity index (χ0v) is 20.7. The zero-order chi connectivity index (χ0) is 29.2. The molecule has 1 aromatic carbocycles. The third-order valence-electron chi connectivity index (χ3n) is 5.24. The maximum Gasteiger partial charge on any atom is 0.471 e. The molecule has 0 aliphatic rings. The van der Waals surface area contributed by atoms with Crippen LogP contribution in [0.2, 0.25) is 0 Å². The maximum atomic E-state index is 13.4. The SMILES string of the molecule is CCOC(=O)/C=C/[C@H](CCC(N)=O)NC(=O)[C@H](Cc1ccc(F)cc1)n1cccc(NC(=O)C(F)(F)F)c1=O. The van der Waals surface area contributed by atoms with Crippen LogP contribution < -0.4 is 21.9 Å². The highest BCUT2D eigenvalue weighted by Gasteiger charge is 2.39. The predicted octanol–water partition coefficient (Wildman–Crippen LogP) is 2.14. The minimum Gasteiger partial charge on any atom is -0.463 e. The molecular formula is C25H26F4N4O6. The van der Waals surface area contributed by atoms with E-state index in [1.807, 2.05) is 0 Å². The van der Waals surface area contributed by atoms with Crippen molar-refractivity contribution < 1.29 is 41.5 Å². The lowest BCUT2D eigenvalue weighted by atomic mass is 10.0. The maximum absolute atomic E-state index is 13.4. The summed E-state index contributed by atoms with van der Waals surface area (Å²) in [4.78, 5) is 60.8. The van der Waals surface area contributed by atoms with E-state index < -0.39 is 59.0 Å². The molecule has 0 aliphatic heterocycles. The monoisotopic (exact) mass is 554 g/mol. The summed E-state index contributed by atoms with van der Waals surface area (Å²) in [6.07, 6.45) is -2.27. The number of benzene rings is 1. The lowest BCUT2D eigenvalue weighted by molar-refractivity contribution is -0.167. The van der Waals surface area contributed by atoms with E-state index in [4.69, 9.17) is 10.5 Å². The topological polar surface area (TPSA) is 150 Å². The van der Waals surface area contributed by atoms with E-state index >= 15 is 0 Å². The van der Waals surface area contributed by atoms with E-state index in [9.17, 15) is 41.5 Å². The fourth-order valence-electron chi connectivity index (χ4n) is 3.38. The fourth-order valence-corrected chi connectivity index (χ4v) is 3.38. The number of nitrogens with zero attached hydrogens (tertiary/aromatic N) is 1. The highest BCUT2D eigenvalue weighted by molar-refractivity contribution is 5.94. The molecule has 0 bridgehead atoms. The molecule has 10 nitrogen and oxygen atoms in total. The number of aromatic nitrogens is 1. The minimum absolute atomic E-state index is 0.0309. The number of pyridine rings is 1. The number of carbonyl (C=O) groups excluding carboxylic acids is 4. The van der Waals surface area contributed by atoms with Crippen LogP contribution in [0.3, 0.4) is 0 Å². The molecule has 0 spiro atoms. The van der Waals surface area contributed by atoms with Crippen LogP contribution in [-0.2, 0) is 30.3 Å². The molecule has 2 atom stereocenters. The van der Waals surface area contributed by atoms with Crippen molar-refractivity contribution in [2.75, 3.05) is 11.9 Å². The Balaban J connectivity index is 2.46. The van der Waals surface area contributed by atoms with Crippen LogP contribution in [0, 0.1) is 5.82 Å². The van der Waals surface area contributed by atoms with Crippen molar-refractivity contribution in [1.82, 2.24) is 9.88 Å². The number of hydrogen-bond acceptors (Lipinski definition) is 6. The molecule has 210 valence electrons. The van der Waals surface area contributed by atoms with Crippen LogP contribution in [-0.4, -0.2) is 47.1 Å². The molecule has 0 fully saturated rings. The highest BCUT2D eigenvalue weighted by atomic mass is 19.4. The van der Waals surface area contributed by atoms with Crippen molar-refractivity contribution in [3.05, 3.63) is 76.5 Å². The molecule has 0 unspecified atom stereocenters. The first-order chi connectivity index (χ1) is 18.3. The van der Waals surface area contributed by atoms with Gasteiger partial charge in [0.2, 0.25) is 11.8 Å². The molecule has 2 aromatic rings. The first kappa shape index (κ1) is 30.7. The lowest BCUT2D eigenvalue weighted by Crippen LogP contribution is -2.43. The van der Waals surface area contributed by atoms with E-state index in [1.54, 1.807) is 6.92 Å². The van der Waals surface area contributed by atoms with E-state index in [0.717, 1.165) is 41.1 Å². The number of anilines is 1. The molecule has 0 saturated carbocycles. The van der Waals surface area contributed by atoms with Gasteiger partial charge in [0, 0.05) is 31.2 Å². The number of hydrogen-bond donors (Lipinski definition) is 3. The van der Waals surface area contributed by atoms with Gasteiger partial charge in [-0.1, -0.05) is 18.2 Å². The fraction of sp³-hybridized carbons (Fsp3) is 0.320. The molecule has 1 aromatic heterocycles. The third-order valence-corrected chi connectivity index (χ3v) is 5.24. The number of amides is 3. The number of primary amides is 1. The van der Waals surface area contributed by atoms with Crippen LogP contribution in [0.5, 0.6) is 0 Å². The van der Waals surface area contributed by atoms with Crippen molar-refractivity contribution in [1.29, 1.82) is 0 Å². The number of nitrogens with two attached hydrogens (primary N) is 1. The molecule has 0 radical (unpaired) electrons. The van der Waals surface area contributed by atoms with E-state index in [1.165, 1.54) is 23.5 Å². The second-order valence-corrected chi connectivity index (χ2v) is 8.16. The number of nitrogens with one attached hydrogen (secondary N) is 2. The number of esters is 1. The summed E-state index contributed by atoms with van der Waals surface area (Å²) in [7, 11) is 0. The van der Waals surface area contributed by atoms with Gasteiger partial charge in [-0.15, -0.1) is 0 Å². The van der Waals surface area contributed by atoms with Gasteiger partial charge in [0.15, 0.2) is 0 Å². The average molecular weight is 554 g/mol. The minimum atomic E-state index is -5.27. The zero-order valence-electron chi connectivity index (χ0n) is 20.7. The van der Waals surface area contributed by atoms with Gasteiger partial charge in [-0.3, -0.25) is 19.2 Å². The number of rotatable bonds is 12. The Morgan fingerprint density at radius 2 is 1.79 bits per heavy atom. The number of halogens is 4. The van der Waals surface area contributed by atoms with Gasteiger partial charge in [0.05, 0.1) is 6.61 Å². The summed E-state index contributed by atoms with van der Waals surface area (Å²) in [5, 5.41) is 4.05. The van der Waals surface area contributed by atoms with Crippen molar-refractivity contribution in [3.63, 3.8) is 0 Å². The Labute approximate surface area is 219 Å². The summed E-state index contributed by atoms with van der Waals surface area (Å²) in [6.45, 7) is 1.67. The van der Waals surface area contributed by atoms with Crippen LogP contribution in [0.4, 0.5) is 23.2 Å². The number of ether oxygens (including phenoxy) is 1. The van der Waals surface area contributed by atoms with Gasteiger partial charge < -0.3 is 25.7 Å². The van der Waals surface area contributed by atoms with Crippen LogP contribution in [0.25, 0.3) is 0 Å². The molecule has 39 heavy (non-hydrogen) atoms. The first-order valence-electron chi connectivity index (χ1n) is 11.6. The smallest absolute Gasteiger partial charge is 0.463 e. The molecule has 14 heteroatoms.